The standard InChI is InChI=1S/C17H21FN6OS.ClH/c1-10-13(18)14(25-2)22-16(21-10)24-7-12-8-26-15(19)23-17(12,9-24)11-4-3-5-20-6-11;/h3-6,12,15,23H,7-9,19H2,1-2H3;1H/t12-,15?,17+;/m0./s1. The minimum atomic E-state index is -0.523. The van der Waals surface area contributed by atoms with Crippen LogP contribution >= 0.6 is 24.2 Å². The Labute approximate surface area is 167 Å². The lowest BCUT2D eigenvalue weighted by atomic mass is 9.82. The van der Waals surface area contributed by atoms with Gasteiger partial charge in [-0.1, -0.05) is 6.07 Å². The fraction of sp³-hybridized carbons (Fsp3) is 0.471. The smallest absolute Gasteiger partial charge is 0.255 e. The van der Waals surface area contributed by atoms with E-state index >= 15 is 0 Å². The monoisotopic (exact) mass is 412 g/mol. The topological polar surface area (TPSA) is 89.2 Å². The molecule has 2 aliphatic rings. The van der Waals surface area contributed by atoms with E-state index in [1.54, 1.807) is 24.9 Å². The zero-order chi connectivity index (χ0) is 18.3. The second-order valence-corrected chi connectivity index (χ2v) is 7.80. The number of halogens is 2. The lowest BCUT2D eigenvalue weighted by molar-refractivity contribution is 0.273. The van der Waals surface area contributed by atoms with Crippen LogP contribution < -0.4 is 20.7 Å². The van der Waals surface area contributed by atoms with Crippen molar-refractivity contribution in [2.24, 2.45) is 11.7 Å². The molecule has 27 heavy (non-hydrogen) atoms. The molecule has 2 fully saturated rings. The lowest BCUT2D eigenvalue weighted by Gasteiger charge is -2.42. The van der Waals surface area contributed by atoms with Gasteiger partial charge >= 0.3 is 0 Å². The van der Waals surface area contributed by atoms with Crippen molar-refractivity contribution in [1.29, 1.82) is 0 Å². The number of pyridine rings is 1. The average molecular weight is 413 g/mol. The zero-order valence-electron chi connectivity index (χ0n) is 15.1. The van der Waals surface area contributed by atoms with Crippen LogP contribution in [0.4, 0.5) is 10.3 Å². The van der Waals surface area contributed by atoms with Gasteiger partial charge in [0.1, 0.15) is 5.50 Å². The molecule has 146 valence electrons. The normalized spacial score (nSPS) is 27.0. The van der Waals surface area contributed by atoms with Gasteiger partial charge in [-0.25, -0.2) is 4.98 Å². The van der Waals surface area contributed by atoms with Crippen LogP contribution in [0.15, 0.2) is 24.5 Å². The maximum absolute atomic E-state index is 14.0. The predicted molar refractivity (Wildman–Crippen MR) is 106 cm³/mol. The number of hydrogen-bond donors (Lipinski definition) is 2. The van der Waals surface area contributed by atoms with Gasteiger partial charge < -0.3 is 15.4 Å². The molecule has 0 radical (unpaired) electrons. The molecule has 10 heteroatoms. The number of nitrogens with two attached hydrogens (primary N) is 1. The second kappa shape index (κ2) is 7.75. The maximum Gasteiger partial charge on any atom is 0.255 e. The van der Waals surface area contributed by atoms with Gasteiger partial charge in [0.15, 0.2) is 0 Å². The Morgan fingerprint density at radius 1 is 1.44 bits per heavy atom. The maximum atomic E-state index is 14.0. The number of aromatic nitrogens is 3. The van der Waals surface area contributed by atoms with Crippen LogP contribution in [0.25, 0.3) is 0 Å². The van der Waals surface area contributed by atoms with Crippen molar-refractivity contribution in [2.45, 2.75) is 18.0 Å². The first-order chi connectivity index (χ1) is 12.5. The van der Waals surface area contributed by atoms with Gasteiger partial charge in [0.2, 0.25) is 11.8 Å². The van der Waals surface area contributed by atoms with Gasteiger partial charge in [-0.2, -0.15) is 9.37 Å². The number of rotatable bonds is 3. The SMILES string of the molecule is COc1nc(N2C[C@H]3CSC(N)N[C@@]3(c3cccnc3)C2)nc(C)c1F.Cl. The van der Waals surface area contributed by atoms with Crippen LogP contribution in [0.1, 0.15) is 11.3 Å². The first-order valence-electron chi connectivity index (χ1n) is 8.42. The molecule has 0 aliphatic carbocycles. The molecule has 7 nitrogen and oxygen atoms in total. The van der Waals surface area contributed by atoms with Gasteiger partial charge in [0.25, 0.3) is 5.88 Å². The number of anilines is 1. The van der Waals surface area contributed by atoms with Crippen LogP contribution in [-0.2, 0) is 5.54 Å². The van der Waals surface area contributed by atoms with Gasteiger partial charge in [-0.05, 0) is 18.6 Å². The number of aryl methyl sites for hydroxylation is 1. The van der Waals surface area contributed by atoms with Crippen LogP contribution in [0, 0.1) is 18.7 Å². The largest absolute Gasteiger partial charge is 0.479 e. The molecular weight excluding hydrogens is 391 g/mol. The lowest BCUT2D eigenvalue weighted by Crippen LogP contribution is -2.59. The minimum Gasteiger partial charge on any atom is -0.479 e. The first-order valence-corrected chi connectivity index (χ1v) is 9.47. The average Bonchev–Trinajstić information content (AvgIpc) is 3.04. The van der Waals surface area contributed by atoms with Crippen molar-refractivity contribution < 1.29 is 9.13 Å². The molecule has 0 aromatic carbocycles. The molecule has 2 aliphatic heterocycles. The van der Waals surface area contributed by atoms with Crippen molar-refractivity contribution >= 4 is 30.1 Å². The molecular formula is C17H22ClFN6OS. The van der Waals surface area contributed by atoms with Crippen LogP contribution in [0.3, 0.4) is 0 Å². The summed E-state index contributed by atoms with van der Waals surface area (Å²) in [4.78, 5) is 15.0. The molecule has 3 N–H and O–H groups in total. The van der Waals surface area contributed by atoms with E-state index in [9.17, 15) is 4.39 Å². The summed E-state index contributed by atoms with van der Waals surface area (Å²) in [6.45, 7) is 2.99. The third-order valence-electron chi connectivity index (χ3n) is 5.08. The summed E-state index contributed by atoms with van der Waals surface area (Å²) in [5.41, 5.74) is 7.07. The van der Waals surface area contributed by atoms with E-state index in [-0.39, 0.29) is 35.0 Å². The molecule has 2 aromatic heterocycles. The summed E-state index contributed by atoms with van der Waals surface area (Å²) in [5, 5.41) is 3.56. The summed E-state index contributed by atoms with van der Waals surface area (Å²) in [5.74, 6) is 1.13. The molecule has 2 aromatic rings. The highest BCUT2D eigenvalue weighted by atomic mass is 35.5. The Kier molecular flexibility index (Phi) is 5.76. The fourth-order valence-corrected chi connectivity index (χ4v) is 4.90. The van der Waals surface area contributed by atoms with E-state index in [1.165, 1.54) is 7.11 Å². The summed E-state index contributed by atoms with van der Waals surface area (Å²) >= 11 is 1.69. The summed E-state index contributed by atoms with van der Waals surface area (Å²) in [6.07, 6.45) is 3.64. The highest BCUT2D eigenvalue weighted by Crippen LogP contribution is 2.43. The fourth-order valence-electron chi connectivity index (χ4n) is 3.78. The Morgan fingerprint density at radius 3 is 2.96 bits per heavy atom. The number of methoxy groups -OCH3 is 1. The molecule has 0 amide bonds. The van der Waals surface area contributed by atoms with Gasteiger partial charge in [-0.3, -0.25) is 10.3 Å². The third-order valence-corrected chi connectivity index (χ3v) is 6.15. The molecule has 1 unspecified atom stereocenters. The van der Waals surface area contributed by atoms with Gasteiger partial charge in [0, 0.05) is 37.2 Å². The van der Waals surface area contributed by atoms with Crippen LogP contribution in [-0.4, -0.2) is 46.4 Å². The highest BCUT2D eigenvalue weighted by Gasteiger charge is 2.51. The van der Waals surface area contributed by atoms with Crippen molar-refractivity contribution in [3.05, 3.63) is 41.6 Å². The Hall–Kier alpha value is -1.68. The van der Waals surface area contributed by atoms with Gasteiger partial charge in [0.05, 0.1) is 18.3 Å². The number of hydrogen-bond acceptors (Lipinski definition) is 8. The second-order valence-electron chi connectivity index (χ2n) is 6.62. The Balaban J connectivity index is 0.00000210. The van der Waals surface area contributed by atoms with E-state index in [4.69, 9.17) is 10.5 Å². The summed E-state index contributed by atoms with van der Waals surface area (Å²) in [6, 6.07) is 4.00. The molecule has 3 atom stereocenters. The summed E-state index contributed by atoms with van der Waals surface area (Å²) < 4.78 is 19.1. The molecule has 0 saturated carbocycles. The highest BCUT2D eigenvalue weighted by molar-refractivity contribution is 7.99. The van der Waals surface area contributed by atoms with E-state index in [0.29, 0.717) is 18.4 Å². The number of nitrogens with zero attached hydrogens (tertiary/aromatic N) is 4. The molecule has 4 rings (SSSR count). The van der Waals surface area contributed by atoms with E-state index < -0.39 is 5.82 Å². The molecule has 2 saturated heterocycles. The zero-order valence-corrected chi connectivity index (χ0v) is 16.7. The van der Waals surface area contributed by atoms with Crippen LogP contribution in [0.5, 0.6) is 5.88 Å². The number of nitrogens with one attached hydrogen (secondary N) is 1. The number of thioether (sulfide) groups is 1. The molecule has 0 bridgehead atoms. The van der Waals surface area contributed by atoms with E-state index in [2.05, 4.69) is 31.2 Å². The first kappa shape index (κ1) is 20.1. The van der Waals surface area contributed by atoms with E-state index in [1.807, 2.05) is 12.3 Å². The van der Waals surface area contributed by atoms with Crippen LogP contribution in [0.2, 0.25) is 0 Å². The van der Waals surface area contributed by atoms with Crippen molar-refractivity contribution in [3.8, 4) is 5.88 Å². The van der Waals surface area contributed by atoms with E-state index in [0.717, 1.165) is 17.9 Å². The third kappa shape index (κ3) is 3.44. The number of fused-ring (bicyclic) bond motifs is 1. The van der Waals surface area contributed by atoms with Crippen molar-refractivity contribution in [2.75, 3.05) is 30.9 Å². The van der Waals surface area contributed by atoms with Gasteiger partial charge in [-0.15, -0.1) is 24.2 Å². The predicted octanol–water partition coefficient (Wildman–Crippen LogP) is 1.66. The Bertz CT molecular complexity index is 816. The van der Waals surface area contributed by atoms with Crippen molar-refractivity contribution in [3.63, 3.8) is 0 Å². The summed E-state index contributed by atoms with van der Waals surface area (Å²) in [7, 11) is 1.41. The number of ether oxygens (including phenoxy) is 1. The van der Waals surface area contributed by atoms with Crippen molar-refractivity contribution in [1.82, 2.24) is 20.3 Å². The molecule has 0 spiro atoms. The Morgan fingerprint density at radius 2 is 2.26 bits per heavy atom. The molecule has 4 heterocycles. The quantitative estimate of drug-likeness (QED) is 0.786. The minimum absolute atomic E-state index is 0.